The average Bonchev–Trinajstić information content (AvgIpc) is 3.31. The topological polar surface area (TPSA) is 118 Å². The number of carbonyl (C=O) groups is 1. The van der Waals surface area contributed by atoms with Crippen LogP contribution in [0.5, 0.6) is 5.75 Å². The zero-order valence-corrected chi connectivity index (χ0v) is 22.3. The molecule has 0 spiro atoms. The first kappa shape index (κ1) is 26.2. The highest BCUT2D eigenvalue weighted by Crippen LogP contribution is 2.38. The number of benzene rings is 2. The van der Waals surface area contributed by atoms with Crippen molar-refractivity contribution in [2.45, 2.75) is 45.6 Å². The number of fused-ring (bicyclic) bond motifs is 1. The first-order chi connectivity index (χ1) is 17.2. The number of primary amides is 1. The Balaban J connectivity index is 1.80. The lowest BCUT2D eigenvalue weighted by molar-refractivity contribution is 0.100. The minimum atomic E-state index is -3.19. The SMILES string of the molecule is CCc1cc(-c2cc(C(N)=O)c3[nH]cc(C4CCN(S(=O)(=O)CC)CC4)c3c2)cc(CNC)c1OC. The Kier molecular flexibility index (Phi) is 7.73. The van der Waals surface area contributed by atoms with Crippen LogP contribution in [0.1, 0.15) is 59.7 Å². The normalized spacial score (nSPS) is 15.4. The van der Waals surface area contributed by atoms with Crippen LogP contribution in [0, 0.1) is 0 Å². The predicted molar refractivity (Wildman–Crippen MR) is 144 cm³/mol. The molecule has 1 saturated heterocycles. The number of sulfonamides is 1. The monoisotopic (exact) mass is 512 g/mol. The van der Waals surface area contributed by atoms with Gasteiger partial charge < -0.3 is 20.8 Å². The third kappa shape index (κ3) is 4.87. The highest BCUT2D eigenvalue weighted by atomic mass is 32.2. The lowest BCUT2D eigenvalue weighted by Gasteiger charge is -2.31. The van der Waals surface area contributed by atoms with E-state index in [1.807, 2.05) is 19.3 Å². The fraction of sp³-hybridized carbons (Fsp3) is 0.444. The summed E-state index contributed by atoms with van der Waals surface area (Å²) < 4.78 is 31.9. The lowest BCUT2D eigenvalue weighted by atomic mass is 9.88. The van der Waals surface area contributed by atoms with Gasteiger partial charge in [-0.2, -0.15) is 0 Å². The minimum Gasteiger partial charge on any atom is -0.496 e. The summed E-state index contributed by atoms with van der Waals surface area (Å²) in [5.74, 6) is 0.703. The van der Waals surface area contributed by atoms with Gasteiger partial charge in [-0.15, -0.1) is 0 Å². The highest BCUT2D eigenvalue weighted by Gasteiger charge is 2.29. The van der Waals surface area contributed by atoms with Crippen molar-refractivity contribution in [3.8, 4) is 16.9 Å². The third-order valence-electron chi connectivity index (χ3n) is 7.27. The van der Waals surface area contributed by atoms with Crippen molar-refractivity contribution in [2.24, 2.45) is 5.73 Å². The Morgan fingerprint density at radius 2 is 1.81 bits per heavy atom. The summed E-state index contributed by atoms with van der Waals surface area (Å²) in [4.78, 5) is 15.7. The number of aryl methyl sites for hydroxylation is 1. The van der Waals surface area contributed by atoms with E-state index < -0.39 is 15.9 Å². The van der Waals surface area contributed by atoms with E-state index in [2.05, 4.69) is 35.4 Å². The molecule has 1 fully saturated rings. The van der Waals surface area contributed by atoms with Crippen molar-refractivity contribution in [1.29, 1.82) is 0 Å². The zero-order valence-electron chi connectivity index (χ0n) is 21.5. The molecule has 0 unspecified atom stereocenters. The maximum absolute atomic E-state index is 12.5. The second-order valence-electron chi connectivity index (χ2n) is 9.34. The number of ether oxygens (including phenoxy) is 1. The lowest BCUT2D eigenvalue weighted by Crippen LogP contribution is -2.38. The Morgan fingerprint density at radius 3 is 2.39 bits per heavy atom. The summed E-state index contributed by atoms with van der Waals surface area (Å²) in [6, 6.07) is 8.18. The van der Waals surface area contributed by atoms with Gasteiger partial charge in [0.05, 0.1) is 23.9 Å². The molecule has 1 amide bonds. The molecule has 3 aromatic rings. The van der Waals surface area contributed by atoms with E-state index in [1.54, 1.807) is 18.3 Å². The van der Waals surface area contributed by atoms with Crippen molar-refractivity contribution >= 4 is 26.8 Å². The van der Waals surface area contributed by atoms with Crippen molar-refractivity contribution in [3.63, 3.8) is 0 Å². The number of piperidine rings is 1. The third-order valence-corrected chi connectivity index (χ3v) is 9.15. The molecule has 0 bridgehead atoms. The van der Waals surface area contributed by atoms with Gasteiger partial charge in [-0.1, -0.05) is 6.92 Å². The van der Waals surface area contributed by atoms with E-state index in [9.17, 15) is 13.2 Å². The second kappa shape index (κ2) is 10.6. The fourth-order valence-corrected chi connectivity index (χ4v) is 6.48. The van der Waals surface area contributed by atoms with Gasteiger partial charge in [-0.05, 0) is 85.7 Å². The number of carbonyl (C=O) groups excluding carboxylic acids is 1. The molecule has 2 aromatic carbocycles. The van der Waals surface area contributed by atoms with Gasteiger partial charge in [0.25, 0.3) is 5.91 Å². The number of nitrogens with two attached hydrogens (primary N) is 1. The van der Waals surface area contributed by atoms with Crippen LogP contribution >= 0.6 is 0 Å². The summed E-state index contributed by atoms with van der Waals surface area (Å²) in [6.45, 7) is 5.43. The van der Waals surface area contributed by atoms with E-state index in [0.29, 0.717) is 25.2 Å². The number of methoxy groups -OCH3 is 1. The van der Waals surface area contributed by atoms with Crippen LogP contribution in [0.2, 0.25) is 0 Å². The van der Waals surface area contributed by atoms with E-state index in [1.165, 1.54) is 0 Å². The molecule has 0 saturated carbocycles. The molecule has 0 radical (unpaired) electrons. The number of H-pyrrole nitrogens is 1. The number of hydrogen-bond acceptors (Lipinski definition) is 5. The maximum Gasteiger partial charge on any atom is 0.250 e. The number of nitrogens with zero attached hydrogens (tertiary/aromatic N) is 1. The van der Waals surface area contributed by atoms with Gasteiger partial charge in [-0.25, -0.2) is 12.7 Å². The standard InChI is InChI=1S/C27H36N4O4S/c1-5-17-11-19(12-21(15-29-3)26(17)35-4)20-13-22-24(16-30-25(22)23(14-20)27(28)32)18-7-9-31(10-8-18)36(33,34)6-2/h11-14,16,18,29-30H,5-10,15H2,1-4H3,(H2,28,32). The van der Waals surface area contributed by atoms with Gasteiger partial charge >= 0.3 is 0 Å². The fourth-order valence-electron chi connectivity index (χ4n) is 5.35. The molecule has 8 nitrogen and oxygen atoms in total. The van der Waals surface area contributed by atoms with Crippen molar-refractivity contribution < 1.29 is 17.9 Å². The van der Waals surface area contributed by atoms with Gasteiger partial charge in [-0.3, -0.25) is 4.79 Å². The van der Waals surface area contributed by atoms with E-state index in [-0.39, 0.29) is 11.7 Å². The molecule has 1 aliphatic heterocycles. The van der Waals surface area contributed by atoms with Gasteiger partial charge in [0.15, 0.2) is 0 Å². The van der Waals surface area contributed by atoms with Gasteiger partial charge in [0, 0.05) is 36.8 Å². The quantitative estimate of drug-likeness (QED) is 0.404. The van der Waals surface area contributed by atoms with Crippen LogP contribution in [-0.2, 0) is 23.0 Å². The summed E-state index contributed by atoms with van der Waals surface area (Å²) in [6.07, 6.45) is 4.23. The summed E-state index contributed by atoms with van der Waals surface area (Å²) in [7, 11) is 0.400. The average molecular weight is 513 g/mol. The molecular formula is C27H36N4O4S. The van der Waals surface area contributed by atoms with E-state index in [4.69, 9.17) is 10.5 Å². The van der Waals surface area contributed by atoms with Crippen LogP contribution in [-0.4, -0.2) is 56.6 Å². The number of amides is 1. The molecule has 194 valence electrons. The maximum atomic E-state index is 12.5. The molecule has 4 N–H and O–H groups in total. The van der Waals surface area contributed by atoms with Crippen LogP contribution in [0.15, 0.2) is 30.5 Å². The van der Waals surface area contributed by atoms with Gasteiger partial charge in [0.2, 0.25) is 10.0 Å². The number of aromatic nitrogens is 1. The smallest absolute Gasteiger partial charge is 0.250 e. The van der Waals surface area contributed by atoms with Crippen LogP contribution in [0.25, 0.3) is 22.0 Å². The predicted octanol–water partition coefficient (Wildman–Crippen LogP) is 3.75. The molecule has 0 atom stereocenters. The molecule has 4 rings (SSSR count). The van der Waals surface area contributed by atoms with Crippen molar-refractivity contribution in [3.05, 3.63) is 52.7 Å². The summed E-state index contributed by atoms with van der Waals surface area (Å²) >= 11 is 0. The summed E-state index contributed by atoms with van der Waals surface area (Å²) in [5, 5.41) is 4.17. The summed E-state index contributed by atoms with van der Waals surface area (Å²) in [5.41, 5.74) is 12.1. The van der Waals surface area contributed by atoms with Crippen molar-refractivity contribution in [1.82, 2.24) is 14.6 Å². The zero-order chi connectivity index (χ0) is 26.0. The Morgan fingerprint density at radius 1 is 1.14 bits per heavy atom. The number of rotatable bonds is 9. The first-order valence-corrected chi connectivity index (χ1v) is 14.1. The first-order valence-electron chi connectivity index (χ1n) is 12.5. The largest absolute Gasteiger partial charge is 0.496 e. The van der Waals surface area contributed by atoms with Crippen LogP contribution in [0.3, 0.4) is 0 Å². The molecule has 0 aliphatic carbocycles. The molecule has 2 heterocycles. The van der Waals surface area contributed by atoms with Crippen LogP contribution < -0.4 is 15.8 Å². The minimum absolute atomic E-state index is 0.118. The van der Waals surface area contributed by atoms with E-state index >= 15 is 0 Å². The number of nitrogens with one attached hydrogen (secondary N) is 2. The Bertz CT molecular complexity index is 1370. The number of aromatic amines is 1. The molecule has 36 heavy (non-hydrogen) atoms. The van der Waals surface area contributed by atoms with Crippen molar-refractivity contribution in [2.75, 3.05) is 33.0 Å². The number of hydrogen-bond donors (Lipinski definition) is 3. The molecular weight excluding hydrogens is 476 g/mol. The van der Waals surface area contributed by atoms with E-state index in [0.717, 1.165) is 63.7 Å². The van der Waals surface area contributed by atoms with Crippen LogP contribution in [0.4, 0.5) is 0 Å². The molecule has 1 aromatic heterocycles. The Hall–Kier alpha value is -2.88. The molecule has 9 heteroatoms. The molecule has 1 aliphatic rings. The second-order valence-corrected chi connectivity index (χ2v) is 11.6. The van der Waals surface area contributed by atoms with Gasteiger partial charge in [0.1, 0.15) is 5.75 Å². The highest BCUT2D eigenvalue weighted by molar-refractivity contribution is 7.89. The Labute approximate surface area is 213 Å².